The number of nitrogens with zero attached hydrogens (tertiary/aromatic N) is 1. The average Bonchev–Trinajstić information content (AvgIpc) is 3.13. The lowest BCUT2D eigenvalue weighted by atomic mass is 10.2. The number of nitrogens with one attached hydrogen (secondary N) is 1. The molecule has 1 aromatic heterocycles. The highest BCUT2D eigenvalue weighted by Gasteiger charge is 2.33. The molecule has 2 rings (SSSR count). The van der Waals surface area contributed by atoms with Crippen molar-refractivity contribution < 1.29 is 14.7 Å². The number of urea groups is 1. The molecule has 1 unspecified atom stereocenters. The maximum absolute atomic E-state index is 12.3. The molecule has 1 aliphatic carbocycles. The lowest BCUT2D eigenvalue weighted by Crippen LogP contribution is -2.46. The first-order valence-electron chi connectivity index (χ1n) is 7.30. The molecule has 6 heteroatoms. The molecule has 0 bridgehead atoms. The summed E-state index contributed by atoms with van der Waals surface area (Å²) in [4.78, 5) is 27.1. The molecule has 0 radical (unpaired) electrons. The summed E-state index contributed by atoms with van der Waals surface area (Å²) in [6.45, 7) is 4.34. The largest absolute Gasteiger partial charge is 0.481 e. The van der Waals surface area contributed by atoms with Crippen molar-refractivity contribution >= 4 is 23.3 Å². The predicted octanol–water partition coefficient (Wildman–Crippen LogP) is 2.64. The van der Waals surface area contributed by atoms with Crippen LogP contribution in [-0.2, 0) is 11.2 Å². The molecule has 2 amide bonds. The minimum absolute atomic E-state index is 0.00240. The Hall–Kier alpha value is -1.56. The highest BCUT2D eigenvalue weighted by atomic mass is 32.1. The van der Waals surface area contributed by atoms with Gasteiger partial charge in [-0.05, 0) is 38.8 Å². The molecule has 116 valence electrons. The number of hydrogen-bond donors (Lipinski definition) is 2. The van der Waals surface area contributed by atoms with Gasteiger partial charge in [-0.2, -0.15) is 0 Å². The van der Waals surface area contributed by atoms with Gasteiger partial charge in [-0.3, -0.25) is 4.79 Å². The number of aryl methyl sites for hydroxylation is 1. The summed E-state index contributed by atoms with van der Waals surface area (Å²) in [7, 11) is 0. The van der Waals surface area contributed by atoms with Crippen LogP contribution < -0.4 is 5.32 Å². The number of carboxylic acids is 1. The van der Waals surface area contributed by atoms with Gasteiger partial charge in [-0.15, -0.1) is 11.3 Å². The number of rotatable bonds is 7. The monoisotopic (exact) mass is 310 g/mol. The van der Waals surface area contributed by atoms with Crippen molar-refractivity contribution in [1.29, 1.82) is 0 Å². The van der Waals surface area contributed by atoms with Crippen molar-refractivity contribution in [3.05, 3.63) is 21.9 Å². The third-order valence-corrected chi connectivity index (χ3v) is 4.51. The quantitative estimate of drug-likeness (QED) is 0.813. The fraction of sp³-hybridized carbons (Fsp3) is 0.600. The SMILES string of the molecule is Cc1ccc(CC(C)NC(=O)N(CCC(=O)O)C2CC2)s1. The summed E-state index contributed by atoms with van der Waals surface area (Å²) in [5.74, 6) is -0.865. The van der Waals surface area contributed by atoms with E-state index < -0.39 is 5.97 Å². The molecular weight excluding hydrogens is 288 g/mol. The van der Waals surface area contributed by atoms with Crippen molar-refractivity contribution in [3.63, 3.8) is 0 Å². The third-order valence-electron chi connectivity index (χ3n) is 3.49. The van der Waals surface area contributed by atoms with E-state index in [4.69, 9.17) is 5.11 Å². The van der Waals surface area contributed by atoms with Gasteiger partial charge in [-0.25, -0.2) is 4.79 Å². The summed E-state index contributed by atoms with van der Waals surface area (Å²) >= 11 is 1.74. The molecule has 5 nitrogen and oxygen atoms in total. The van der Waals surface area contributed by atoms with E-state index in [1.54, 1.807) is 16.2 Å². The van der Waals surface area contributed by atoms with Gasteiger partial charge in [0.25, 0.3) is 0 Å². The van der Waals surface area contributed by atoms with Crippen molar-refractivity contribution in [2.45, 2.75) is 51.6 Å². The van der Waals surface area contributed by atoms with Crippen LogP contribution in [0.3, 0.4) is 0 Å². The Kier molecular flexibility index (Phi) is 5.22. The van der Waals surface area contributed by atoms with Crippen molar-refractivity contribution in [1.82, 2.24) is 10.2 Å². The molecule has 0 saturated heterocycles. The van der Waals surface area contributed by atoms with Crippen LogP contribution >= 0.6 is 11.3 Å². The van der Waals surface area contributed by atoms with Gasteiger partial charge in [0.1, 0.15) is 0 Å². The lowest BCUT2D eigenvalue weighted by Gasteiger charge is -2.24. The van der Waals surface area contributed by atoms with Gasteiger partial charge in [0, 0.05) is 34.8 Å². The summed E-state index contributed by atoms with van der Waals surface area (Å²) in [5.41, 5.74) is 0. The average molecular weight is 310 g/mol. The van der Waals surface area contributed by atoms with Gasteiger partial charge in [0.05, 0.1) is 6.42 Å². The van der Waals surface area contributed by atoms with Crippen LogP contribution in [0.15, 0.2) is 12.1 Å². The number of carbonyl (C=O) groups excluding carboxylic acids is 1. The minimum atomic E-state index is -0.865. The predicted molar refractivity (Wildman–Crippen MR) is 82.7 cm³/mol. The Bertz CT molecular complexity index is 511. The number of amides is 2. The van der Waals surface area contributed by atoms with Crippen molar-refractivity contribution in [3.8, 4) is 0 Å². The van der Waals surface area contributed by atoms with E-state index in [9.17, 15) is 9.59 Å². The second-order valence-corrected chi connectivity index (χ2v) is 7.01. The molecule has 2 N–H and O–H groups in total. The Labute approximate surface area is 129 Å². The van der Waals surface area contributed by atoms with Crippen LogP contribution in [0.1, 0.15) is 35.9 Å². The first-order chi connectivity index (χ1) is 9.95. The first-order valence-corrected chi connectivity index (χ1v) is 8.11. The Balaban J connectivity index is 1.84. The fourth-order valence-electron chi connectivity index (χ4n) is 2.29. The van der Waals surface area contributed by atoms with E-state index in [2.05, 4.69) is 24.4 Å². The summed E-state index contributed by atoms with van der Waals surface area (Å²) < 4.78 is 0. The summed E-state index contributed by atoms with van der Waals surface area (Å²) in [5, 5.41) is 11.8. The Morgan fingerprint density at radius 2 is 2.19 bits per heavy atom. The third kappa shape index (κ3) is 5.04. The minimum Gasteiger partial charge on any atom is -0.481 e. The zero-order valence-electron chi connectivity index (χ0n) is 12.5. The number of thiophene rings is 1. The molecular formula is C15H22N2O3S. The molecule has 0 spiro atoms. The van der Waals surface area contributed by atoms with E-state index in [1.165, 1.54) is 9.75 Å². The lowest BCUT2D eigenvalue weighted by molar-refractivity contribution is -0.137. The van der Waals surface area contributed by atoms with Crippen LogP contribution in [0, 0.1) is 6.92 Å². The topological polar surface area (TPSA) is 69.6 Å². The van der Waals surface area contributed by atoms with E-state index in [0.29, 0.717) is 0 Å². The van der Waals surface area contributed by atoms with Gasteiger partial charge in [0.2, 0.25) is 0 Å². The van der Waals surface area contributed by atoms with Crippen LogP contribution in [0.4, 0.5) is 4.79 Å². The fourth-order valence-corrected chi connectivity index (χ4v) is 3.31. The molecule has 1 atom stereocenters. The Morgan fingerprint density at radius 1 is 1.48 bits per heavy atom. The van der Waals surface area contributed by atoms with Crippen molar-refractivity contribution in [2.75, 3.05) is 6.54 Å². The molecule has 21 heavy (non-hydrogen) atoms. The van der Waals surface area contributed by atoms with E-state index in [1.807, 2.05) is 6.92 Å². The summed E-state index contributed by atoms with van der Waals surface area (Å²) in [6, 6.07) is 4.30. The van der Waals surface area contributed by atoms with Crippen LogP contribution in [0.5, 0.6) is 0 Å². The number of hydrogen-bond acceptors (Lipinski definition) is 3. The zero-order chi connectivity index (χ0) is 15.4. The van der Waals surface area contributed by atoms with Crippen LogP contribution in [0.25, 0.3) is 0 Å². The molecule has 1 fully saturated rings. The summed E-state index contributed by atoms with van der Waals surface area (Å²) in [6.07, 6.45) is 2.77. The zero-order valence-corrected chi connectivity index (χ0v) is 13.3. The maximum atomic E-state index is 12.3. The second kappa shape index (κ2) is 6.93. The molecule has 1 heterocycles. The normalized spacial score (nSPS) is 15.5. The molecule has 1 saturated carbocycles. The Morgan fingerprint density at radius 3 is 2.71 bits per heavy atom. The van der Waals surface area contributed by atoms with E-state index in [-0.39, 0.29) is 31.1 Å². The molecule has 0 aromatic carbocycles. The second-order valence-electron chi connectivity index (χ2n) is 5.64. The number of aliphatic carboxylic acids is 1. The maximum Gasteiger partial charge on any atom is 0.317 e. The van der Waals surface area contributed by atoms with Crippen LogP contribution in [0.2, 0.25) is 0 Å². The van der Waals surface area contributed by atoms with Crippen LogP contribution in [-0.4, -0.2) is 40.6 Å². The van der Waals surface area contributed by atoms with Gasteiger partial charge in [0.15, 0.2) is 0 Å². The smallest absolute Gasteiger partial charge is 0.317 e. The molecule has 0 aliphatic heterocycles. The highest BCUT2D eigenvalue weighted by Crippen LogP contribution is 2.27. The van der Waals surface area contributed by atoms with Gasteiger partial charge < -0.3 is 15.3 Å². The van der Waals surface area contributed by atoms with Gasteiger partial charge >= 0.3 is 12.0 Å². The van der Waals surface area contributed by atoms with E-state index in [0.717, 1.165) is 19.3 Å². The standard InChI is InChI=1S/C15H22N2O3S/c1-10(9-13-6-3-11(2)21-13)16-15(20)17(12-4-5-12)8-7-14(18)19/h3,6,10,12H,4-5,7-9H2,1-2H3,(H,16,20)(H,18,19). The molecule has 1 aliphatic rings. The highest BCUT2D eigenvalue weighted by molar-refractivity contribution is 7.11. The van der Waals surface area contributed by atoms with E-state index >= 15 is 0 Å². The van der Waals surface area contributed by atoms with Gasteiger partial charge in [-0.1, -0.05) is 0 Å². The number of carboxylic acid groups (broad SMARTS) is 1. The van der Waals surface area contributed by atoms with Crippen molar-refractivity contribution in [2.24, 2.45) is 0 Å². The first kappa shape index (κ1) is 15.8. The molecule has 1 aromatic rings. The number of carbonyl (C=O) groups is 2.